The van der Waals surface area contributed by atoms with Gasteiger partial charge in [0.2, 0.25) is 10.0 Å². The van der Waals surface area contributed by atoms with Crippen molar-refractivity contribution in [1.29, 1.82) is 0 Å². The van der Waals surface area contributed by atoms with Gasteiger partial charge in [0.1, 0.15) is 15.9 Å². The molecule has 0 unspecified atom stereocenters. The maximum absolute atomic E-state index is 13.5. The number of halogens is 3. The van der Waals surface area contributed by atoms with Crippen LogP contribution in [0.2, 0.25) is 5.02 Å². The summed E-state index contributed by atoms with van der Waals surface area (Å²) < 4.78 is 62.2. The third-order valence-corrected chi connectivity index (χ3v) is 7.42. The van der Waals surface area contributed by atoms with Crippen molar-refractivity contribution in [2.24, 2.45) is 0 Å². The smallest absolute Gasteiger partial charge is 0.255 e. The normalized spacial score (nSPS) is 15.8. The number of aromatic nitrogens is 2. The molecule has 0 atom stereocenters. The average molecular weight is 459 g/mol. The number of hydrogen-bond acceptors (Lipinski definition) is 6. The van der Waals surface area contributed by atoms with Gasteiger partial charge in [-0.15, -0.1) is 0 Å². The number of amides is 1. The Labute approximate surface area is 173 Å². The predicted molar refractivity (Wildman–Crippen MR) is 103 cm³/mol. The van der Waals surface area contributed by atoms with Crippen LogP contribution in [-0.4, -0.2) is 58.5 Å². The maximum Gasteiger partial charge on any atom is 0.255 e. The van der Waals surface area contributed by atoms with E-state index in [0.717, 1.165) is 23.9 Å². The van der Waals surface area contributed by atoms with Gasteiger partial charge in [-0.3, -0.25) is 4.79 Å². The lowest BCUT2D eigenvalue weighted by Crippen LogP contribution is -2.50. The summed E-state index contributed by atoms with van der Waals surface area (Å²) in [4.78, 5) is 14.0. The summed E-state index contributed by atoms with van der Waals surface area (Å²) in [6.45, 7) is 0.254. The summed E-state index contributed by atoms with van der Waals surface area (Å²) in [5, 5.41) is -0.202. The van der Waals surface area contributed by atoms with Gasteiger partial charge in [0.15, 0.2) is 11.6 Å². The number of nitrogens with zero attached hydrogens (tertiary/aromatic N) is 4. The Balaban J connectivity index is 1.53. The molecule has 12 heteroatoms. The van der Waals surface area contributed by atoms with Gasteiger partial charge in [-0.05, 0) is 24.3 Å². The summed E-state index contributed by atoms with van der Waals surface area (Å²) in [6, 6.07) is 6.24. The molecule has 0 aliphatic carbocycles. The molecular formula is C17H13ClF2N4O3S2. The fourth-order valence-electron chi connectivity index (χ4n) is 3.12. The molecule has 7 nitrogen and oxygen atoms in total. The van der Waals surface area contributed by atoms with E-state index in [9.17, 15) is 22.0 Å². The van der Waals surface area contributed by atoms with E-state index in [4.69, 9.17) is 11.6 Å². The van der Waals surface area contributed by atoms with Crippen molar-refractivity contribution in [3.05, 3.63) is 52.6 Å². The molecule has 1 aromatic heterocycles. The highest BCUT2D eigenvalue weighted by Crippen LogP contribution is 2.26. The summed E-state index contributed by atoms with van der Waals surface area (Å²) in [6.07, 6.45) is 0. The molecule has 3 aromatic rings. The third-order valence-electron chi connectivity index (χ3n) is 4.63. The van der Waals surface area contributed by atoms with Crippen molar-refractivity contribution in [3.63, 3.8) is 0 Å². The van der Waals surface area contributed by atoms with E-state index < -0.39 is 27.6 Å². The van der Waals surface area contributed by atoms with E-state index in [1.165, 1.54) is 15.3 Å². The summed E-state index contributed by atoms with van der Waals surface area (Å²) >= 11 is 6.80. The quantitative estimate of drug-likeness (QED) is 0.563. The first kappa shape index (κ1) is 20.1. The van der Waals surface area contributed by atoms with E-state index in [0.29, 0.717) is 11.0 Å². The second-order valence-corrected chi connectivity index (χ2v) is 9.17. The van der Waals surface area contributed by atoms with Gasteiger partial charge in [0.25, 0.3) is 5.91 Å². The number of rotatable bonds is 3. The number of benzene rings is 2. The summed E-state index contributed by atoms with van der Waals surface area (Å²) in [7, 11) is -3.83. The Bertz CT molecular complexity index is 1210. The molecule has 1 aliphatic heterocycles. The summed E-state index contributed by atoms with van der Waals surface area (Å²) in [5.74, 6) is -2.91. The Morgan fingerprint density at radius 3 is 2.48 bits per heavy atom. The van der Waals surface area contributed by atoms with Gasteiger partial charge < -0.3 is 4.90 Å². The van der Waals surface area contributed by atoms with Crippen LogP contribution in [0.15, 0.2) is 35.2 Å². The second-order valence-electron chi connectivity index (χ2n) is 6.33. The standard InChI is InChI=1S/C17H13ClF2N4O3S2/c18-11-9-13(20)12(19)8-10(11)17(25)23-4-6-24(7-5-23)29(26,27)15-3-1-2-14-16(15)22-28-21-14/h1-3,8-9H,4-7H2. The minimum Gasteiger partial charge on any atom is -0.336 e. The second kappa shape index (κ2) is 7.56. The van der Waals surface area contributed by atoms with Crippen LogP contribution in [-0.2, 0) is 10.0 Å². The van der Waals surface area contributed by atoms with Crippen LogP contribution in [0.1, 0.15) is 10.4 Å². The number of piperazine rings is 1. The number of fused-ring (bicyclic) bond motifs is 1. The van der Waals surface area contributed by atoms with Gasteiger partial charge in [0, 0.05) is 26.2 Å². The Kier molecular flexibility index (Phi) is 5.23. The minimum atomic E-state index is -3.83. The molecule has 29 heavy (non-hydrogen) atoms. The minimum absolute atomic E-state index is 0.0450. The first-order valence-electron chi connectivity index (χ1n) is 8.44. The Morgan fingerprint density at radius 2 is 1.76 bits per heavy atom. The topological polar surface area (TPSA) is 83.5 Å². The van der Waals surface area contributed by atoms with Crippen molar-refractivity contribution < 1.29 is 22.0 Å². The lowest BCUT2D eigenvalue weighted by atomic mass is 10.1. The summed E-state index contributed by atoms with van der Waals surface area (Å²) in [5.41, 5.74) is 0.641. The molecule has 0 saturated carbocycles. The van der Waals surface area contributed by atoms with E-state index in [1.807, 2.05) is 0 Å². The van der Waals surface area contributed by atoms with Gasteiger partial charge in [0.05, 0.1) is 22.3 Å². The first-order chi connectivity index (χ1) is 13.8. The molecule has 152 valence electrons. The van der Waals surface area contributed by atoms with E-state index >= 15 is 0 Å². The Hall–Kier alpha value is -2.21. The molecule has 1 amide bonds. The molecule has 0 bridgehead atoms. The van der Waals surface area contributed by atoms with Crippen LogP contribution in [0.4, 0.5) is 8.78 Å². The number of hydrogen-bond donors (Lipinski definition) is 0. The maximum atomic E-state index is 13.5. The molecule has 2 aromatic carbocycles. The molecule has 0 N–H and O–H groups in total. The zero-order valence-electron chi connectivity index (χ0n) is 14.7. The molecule has 0 radical (unpaired) electrons. The van der Waals surface area contributed by atoms with Crippen molar-refractivity contribution >= 4 is 50.3 Å². The van der Waals surface area contributed by atoms with Gasteiger partial charge >= 0.3 is 0 Å². The Morgan fingerprint density at radius 1 is 1.07 bits per heavy atom. The highest BCUT2D eigenvalue weighted by Gasteiger charge is 2.32. The van der Waals surface area contributed by atoms with Crippen molar-refractivity contribution in [3.8, 4) is 0 Å². The molecule has 1 aliphatic rings. The number of sulfonamides is 1. The van der Waals surface area contributed by atoms with Crippen molar-refractivity contribution in [2.45, 2.75) is 4.90 Å². The fourth-order valence-corrected chi connectivity index (χ4v) is 5.52. The lowest BCUT2D eigenvalue weighted by molar-refractivity contribution is 0.0697. The monoisotopic (exact) mass is 458 g/mol. The zero-order chi connectivity index (χ0) is 20.8. The molecule has 4 rings (SSSR count). The predicted octanol–water partition coefficient (Wildman–Crippen LogP) is 2.77. The van der Waals surface area contributed by atoms with Crippen LogP contribution in [0.5, 0.6) is 0 Å². The lowest BCUT2D eigenvalue weighted by Gasteiger charge is -2.34. The van der Waals surface area contributed by atoms with E-state index in [2.05, 4.69) is 8.75 Å². The average Bonchev–Trinajstić information content (AvgIpc) is 3.19. The fraction of sp³-hybridized carbons (Fsp3) is 0.235. The van der Waals surface area contributed by atoms with Crippen LogP contribution < -0.4 is 0 Å². The first-order valence-corrected chi connectivity index (χ1v) is 11.0. The molecule has 0 spiro atoms. The van der Waals surface area contributed by atoms with Gasteiger partial charge in [-0.2, -0.15) is 13.1 Å². The van der Waals surface area contributed by atoms with Crippen LogP contribution in [0.25, 0.3) is 11.0 Å². The SMILES string of the molecule is O=C(c1cc(F)c(F)cc1Cl)N1CCN(S(=O)(=O)c2cccc3nsnc23)CC1. The molecular weight excluding hydrogens is 446 g/mol. The van der Waals surface area contributed by atoms with E-state index in [-0.39, 0.29) is 41.7 Å². The molecule has 1 fully saturated rings. The van der Waals surface area contributed by atoms with Crippen LogP contribution >= 0.6 is 23.3 Å². The number of carbonyl (C=O) groups excluding carboxylic acids is 1. The van der Waals surface area contributed by atoms with Crippen LogP contribution in [0, 0.1) is 11.6 Å². The highest BCUT2D eigenvalue weighted by molar-refractivity contribution is 7.89. The van der Waals surface area contributed by atoms with E-state index in [1.54, 1.807) is 12.1 Å². The zero-order valence-corrected chi connectivity index (χ0v) is 17.1. The highest BCUT2D eigenvalue weighted by atomic mass is 35.5. The van der Waals surface area contributed by atoms with Crippen LogP contribution in [0.3, 0.4) is 0 Å². The van der Waals surface area contributed by atoms with Gasteiger partial charge in [-0.25, -0.2) is 17.2 Å². The molecule has 1 saturated heterocycles. The number of carbonyl (C=O) groups is 1. The van der Waals surface area contributed by atoms with Gasteiger partial charge in [-0.1, -0.05) is 17.7 Å². The third kappa shape index (κ3) is 3.59. The van der Waals surface area contributed by atoms with Crippen molar-refractivity contribution in [2.75, 3.05) is 26.2 Å². The molecule has 2 heterocycles. The largest absolute Gasteiger partial charge is 0.336 e. The van der Waals surface area contributed by atoms with Crippen molar-refractivity contribution in [1.82, 2.24) is 18.0 Å².